The molecule has 0 bridgehead atoms. The average molecular weight is 303 g/mol. The van der Waals surface area contributed by atoms with Crippen molar-refractivity contribution in [1.29, 1.82) is 0 Å². The van der Waals surface area contributed by atoms with Gasteiger partial charge in [0, 0.05) is 16.8 Å². The van der Waals surface area contributed by atoms with Crippen molar-refractivity contribution in [2.45, 2.75) is 45.1 Å². The van der Waals surface area contributed by atoms with Crippen LogP contribution in [0, 0.1) is 12.7 Å². The van der Waals surface area contributed by atoms with E-state index in [1.54, 1.807) is 12.1 Å². The summed E-state index contributed by atoms with van der Waals surface area (Å²) in [7, 11) is 0. The minimum atomic E-state index is -0.147. The van der Waals surface area contributed by atoms with Gasteiger partial charge in [0.15, 0.2) is 0 Å². The van der Waals surface area contributed by atoms with Crippen LogP contribution in [0.15, 0.2) is 29.6 Å². The van der Waals surface area contributed by atoms with Crippen molar-refractivity contribution in [2.75, 3.05) is 6.54 Å². The molecule has 0 radical (unpaired) electrons. The second-order valence-electron chi connectivity index (χ2n) is 5.83. The quantitative estimate of drug-likeness (QED) is 0.841. The summed E-state index contributed by atoms with van der Waals surface area (Å²) >= 11 is 1.88. The average Bonchev–Trinajstić information content (AvgIpc) is 2.94. The van der Waals surface area contributed by atoms with E-state index < -0.39 is 0 Å². The molecular weight excluding hydrogens is 281 g/mol. The number of fused-ring (bicyclic) bond motifs is 1. The fraction of sp³-hybridized carbons (Fsp3) is 0.444. The Hall–Kier alpha value is -1.19. The van der Waals surface area contributed by atoms with E-state index in [0.717, 1.165) is 12.1 Å². The van der Waals surface area contributed by atoms with Gasteiger partial charge in [-0.05, 0) is 73.0 Å². The molecule has 21 heavy (non-hydrogen) atoms. The number of likely N-dealkylation sites (N-methyl/N-ethyl adjacent to an activating group) is 1. The highest BCUT2D eigenvalue weighted by atomic mass is 32.1. The van der Waals surface area contributed by atoms with Gasteiger partial charge in [-0.1, -0.05) is 13.0 Å². The van der Waals surface area contributed by atoms with E-state index in [0.29, 0.717) is 5.92 Å². The third kappa shape index (κ3) is 2.90. The van der Waals surface area contributed by atoms with Crippen molar-refractivity contribution in [3.05, 3.63) is 57.0 Å². The van der Waals surface area contributed by atoms with Crippen LogP contribution in [-0.2, 0) is 6.42 Å². The molecule has 0 saturated heterocycles. The Balaban J connectivity index is 1.99. The fourth-order valence-electron chi connectivity index (χ4n) is 3.55. The van der Waals surface area contributed by atoms with Gasteiger partial charge in [-0.2, -0.15) is 0 Å². The molecule has 1 nitrogen and oxygen atoms in total. The number of aryl methyl sites for hydroxylation is 2. The first-order valence-electron chi connectivity index (χ1n) is 7.76. The van der Waals surface area contributed by atoms with Gasteiger partial charge in [0.25, 0.3) is 0 Å². The highest BCUT2D eigenvalue weighted by Gasteiger charge is 2.30. The molecule has 1 heterocycles. The molecule has 1 aromatic carbocycles. The summed E-state index contributed by atoms with van der Waals surface area (Å²) in [5.74, 6) is 0.357. The molecule has 2 aromatic rings. The maximum Gasteiger partial charge on any atom is 0.123 e. The van der Waals surface area contributed by atoms with E-state index >= 15 is 0 Å². The van der Waals surface area contributed by atoms with Crippen molar-refractivity contribution in [3.63, 3.8) is 0 Å². The van der Waals surface area contributed by atoms with Gasteiger partial charge in [0.2, 0.25) is 0 Å². The predicted molar refractivity (Wildman–Crippen MR) is 87.6 cm³/mol. The topological polar surface area (TPSA) is 12.0 Å². The number of nitrogens with one attached hydrogen (secondary N) is 1. The first-order chi connectivity index (χ1) is 10.2. The van der Waals surface area contributed by atoms with Gasteiger partial charge in [-0.15, -0.1) is 11.3 Å². The summed E-state index contributed by atoms with van der Waals surface area (Å²) in [5.41, 5.74) is 3.78. The van der Waals surface area contributed by atoms with Crippen molar-refractivity contribution < 1.29 is 4.39 Å². The predicted octanol–water partition coefficient (Wildman–Crippen LogP) is 4.97. The SMILES string of the molecule is CCNC(c1ccc(F)cc1C)C1CCCc2sccc21. The van der Waals surface area contributed by atoms with Gasteiger partial charge >= 0.3 is 0 Å². The smallest absolute Gasteiger partial charge is 0.123 e. The van der Waals surface area contributed by atoms with E-state index in [4.69, 9.17) is 0 Å². The normalized spacial score (nSPS) is 19.3. The van der Waals surface area contributed by atoms with Crippen LogP contribution >= 0.6 is 11.3 Å². The highest BCUT2D eigenvalue weighted by Crippen LogP contribution is 2.43. The van der Waals surface area contributed by atoms with Crippen LogP contribution in [0.2, 0.25) is 0 Å². The third-order valence-corrected chi connectivity index (χ3v) is 5.49. The summed E-state index contributed by atoms with van der Waals surface area (Å²) < 4.78 is 13.4. The zero-order chi connectivity index (χ0) is 14.8. The van der Waals surface area contributed by atoms with Crippen LogP contribution in [0.4, 0.5) is 4.39 Å². The summed E-state index contributed by atoms with van der Waals surface area (Å²) in [6, 6.07) is 7.76. The van der Waals surface area contributed by atoms with Crippen LogP contribution in [0.25, 0.3) is 0 Å². The number of thiophene rings is 1. The lowest BCUT2D eigenvalue weighted by Gasteiger charge is -2.32. The number of hydrogen-bond acceptors (Lipinski definition) is 2. The first-order valence-corrected chi connectivity index (χ1v) is 8.64. The largest absolute Gasteiger partial charge is 0.310 e. The number of benzene rings is 1. The summed E-state index contributed by atoms with van der Waals surface area (Å²) in [5, 5.41) is 5.85. The molecular formula is C18H22FNS. The summed E-state index contributed by atoms with van der Waals surface area (Å²) in [6.45, 7) is 5.08. The van der Waals surface area contributed by atoms with E-state index in [2.05, 4.69) is 23.7 Å². The van der Waals surface area contributed by atoms with Crippen LogP contribution in [0.1, 0.15) is 53.3 Å². The molecule has 3 heteroatoms. The maximum absolute atomic E-state index is 13.4. The van der Waals surface area contributed by atoms with Gasteiger partial charge in [-0.3, -0.25) is 0 Å². The molecule has 2 unspecified atom stereocenters. The van der Waals surface area contributed by atoms with Crippen LogP contribution < -0.4 is 5.32 Å². The van der Waals surface area contributed by atoms with E-state index in [-0.39, 0.29) is 11.9 Å². The zero-order valence-corrected chi connectivity index (χ0v) is 13.5. The Labute approximate surface area is 130 Å². The molecule has 0 fully saturated rings. The molecule has 1 aliphatic rings. The molecule has 0 aliphatic heterocycles. The first kappa shape index (κ1) is 14.7. The standard InChI is InChI=1S/C18H22FNS/c1-3-20-18(14-8-7-13(19)11-12(14)2)16-5-4-6-17-15(16)9-10-21-17/h7-11,16,18,20H,3-6H2,1-2H3. The second-order valence-corrected chi connectivity index (χ2v) is 6.83. The molecule has 1 aromatic heterocycles. The Kier molecular flexibility index (Phi) is 4.41. The molecule has 112 valence electrons. The van der Waals surface area contributed by atoms with Crippen molar-refractivity contribution in [2.24, 2.45) is 0 Å². The molecule has 2 atom stereocenters. The summed E-state index contributed by atoms with van der Waals surface area (Å²) in [6.07, 6.45) is 3.67. The van der Waals surface area contributed by atoms with Crippen molar-refractivity contribution >= 4 is 11.3 Å². The van der Waals surface area contributed by atoms with E-state index in [1.165, 1.54) is 35.3 Å². The highest BCUT2D eigenvalue weighted by molar-refractivity contribution is 7.10. The van der Waals surface area contributed by atoms with E-state index in [1.807, 2.05) is 24.3 Å². The van der Waals surface area contributed by atoms with Crippen molar-refractivity contribution in [3.8, 4) is 0 Å². The maximum atomic E-state index is 13.4. The van der Waals surface area contributed by atoms with Gasteiger partial charge in [0.05, 0.1) is 0 Å². The van der Waals surface area contributed by atoms with Crippen LogP contribution in [0.3, 0.4) is 0 Å². The fourth-order valence-corrected chi connectivity index (χ4v) is 4.54. The van der Waals surface area contributed by atoms with Crippen molar-refractivity contribution in [1.82, 2.24) is 5.32 Å². The third-order valence-electron chi connectivity index (χ3n) is 4.49. The Morgan fingerprint density at radius 3 is 3.00 bits per heavy atom. The minimum Gasteiger partial charge on any atom is -0.310 e. The molecule has 1 aliphatic carbocycles. The van der Waals surface area contributed by atoms with Gasteiger partial charge in [-0.25, -0.2) is 4.39 Å². The van der Waals surface area contributed by atoms with Gasteiger partial charge < -0.3 is 5.32 Å². The monoisotopic (exact) mass is 303 g/mol. The van der Waals surface area contributed by atoms with Gasteiger partial charge in [0.1, 0.15) is 5.82 Å². The van der Waals surface area contributed by atoms with E-state index in [9.17, 15) is 4.39 Å². The number of halogens is 1. The lowest BCUT2D eigenvalue weighted by atomic mass is 9.79. The summed E-state index contributed by atoms with van der Waals surface area (Å²) in [4.78, 5) is 1.54. The molecule has 1 N–H and O–H groups in total. The lowest BCUT2D eigenvalue weighted by molar-refractivity contribution is 0.409. The minimum absolute atomic E-state index is 0.147. The number of hydrogen-bond donors (Lipinski definition) is 1. The Morgan fingerprint density at radius 1 is 1.38 bits per heavy atom. The number of rotatable bonds is 4. The molecule has 0 saturated carbocycles. The zero-order valence-electron chi connectivity index (χ0n) is 12.7. The Morgan fingerprint density at radius 2 is 2.24 bits per heavy atom. The molecule has 0 amide bonds. The van der Waals surface area contributed by atoms with Crippen LogP contribution in [-0.4, -0.2) is 6.54 Å². The molecule has 3 rings (SSSR count). The second kappa shape index (κ2) is 6.29. The van der Waals surface area contributed by atoms with Crippen LogP contribution in [0.5, 0.6) is 0 Å². The Bertz CT molecular complexity index is 619. The lowest BCUT2D eigenvalue weighted by Crippen LogP contribution is -2.29. The molecule has 0 spiro atoms.